The van der Waals surface area contributed by atoms with Crippen molar-refractivity contribution in [3.63, 3.8) is 0 Å². The van der Waals surface area contributed by atoms with Crippen molar-refractivity contribution >= 4 is 0 Å². The Morgan fingerprint density at radius 3 is 1.78 bits per heavy atom. The Bertz CT molecular complexity index is 42.0. The molecule has 0 bridgehead atoms. The lowest BCUT2D eigenvalue weighted by Gasteiger charge is -1.99. The molecule has 56 valence electrons. The van der Waals surface area contributed by atoms with Crippen LogP contribution in [-0.4, -0.2) is 0 Å². The molecule has 0 nitrogen and oxygen atoms in total. The van der Waals surface area contributed by atoms with Crippen LogP contribution in [0, 0.1) is 5.92 Å². The molecule has 0 heteroatoms. The van der Waals surface area contributed by atoms with Crippen LogP contribution in [0.5, 0.6) is 0 Å². The SMILES string of the molecule is CC.CCC1CCCC1. The average molecular weight is 128 g/mol. The highest BCUT2D eigenvalue weighted by Crippen LogP contribution is 2.26. The van der Waals surface area contributed by atoms with Gasteiger partial charge < -0.3 is 0 Å². The highest BCUT2D eigenvalue weighted by Gasteiger charge is 2.11. The van der Waals surface area contributed by atoms with Gasteiger partial charge in [-0.1, -0.05) is 52.9 Å². The van der Waals surface area contributed by atoms with E-state index in [4.69, 9.17) is 0 Å². The summed E-state index contributed by atoms with van der Waals surface area (Å²) in [4.78, 5) is 0. The van der Waals surface area contributed by atoms with Crippen LogP contribution in [0.2, 0.25) is 0 Å². The molecule has 1 rings (SSSR count). The van der Waals surface area contributed by atoms with Crippen LogP contribution in [0.4, 0.5) is 0 Å². The van der Waals surface area contributed by atoms with Gasteiger partial charge in [-0.05, 0) is 5.92 Å². The predicted octanol–water partition coefficient (Wildman–Crippen LogP) is 3.61. The van der Waals surface area contributed by atoms with Crippen LogP contribution in [0.25, 0.3) is 0 Å². The molecular weight excluding hydrogens is 108 g/mol. The molecule has 0 N–H and O–H groups in total. The molecule has 0 aromatic heterocycles. The van der Waals surface area contributed by atoms with Crippen molar-refractivity contribution in [3.05, 3.63) is 0 Å². The summed E-state index contributed by atoms with van der Waals surface area (Å²) in [5.74, 6) is 1.10. The van der Waals surface area contributed by atoms with Crippen LogP contribution in [0.1, 0.15) is 52.9 Å². The van der Waals surface area contributed by atoms with Gasteiger partial charge in [-0.15, -0.1) is 0 Å². The maximum Gasteiger partial charge on any atom is -0.0417 e. The molecule has 0 atom stereocenters. The van der Waals surface area contributed by atoms with Gasteiger partial charge in [0.25, 0.3) is 0 Å². The Morgan fingerprint density at radius 2 is 1.56 bits per heavy atom. The van der Waals surface area contributed by atoms with Crippen molar-refractivity contribution in [3.8, 4) is 0 Å². The summed E-state index contributed by atoms with van der Waals surface area (Å²) in [6.45, 7) is 6.30. The average Bonchev–Trinajstić information content (AvgIpc) is 2.43. The first kappa shape index (κ1) is 9.00. The Morgan fingerprint density at radius 1 is 1.11 bits per heavy atom. The number of hydrogen-bond donors (Lipinski definition) is 0. The van der Waals surface area contributed by atoms with Crippen LogP contribution in [0.3, 0.4) is 0 Å². The molecule has 1 fully saturated rings. The summed E-state index contributed by atoms with van der Waals surface area (Å²) in [7, 11) is 0. The molecular formula is C9H20. The monoisotopic (exact) mass is 128 g/mol. The minimum absolute atomic E-state index is 1.10. The van der Waals surface area contributed by atoms with E-state index in [1.54, 1.807) is 0 Å². The molecule has 0 radical (unpaired) electrons. The van der Waals surface area contributed by atoms with Gasteiger partial charge in [-0.25, -0.2) is 0 Å². The second-order valence-electron chi connectivity index (χ2n) is 2.56. The fourth-order valence-corrected chi connectivity index (χ4v) is 1.42. The zero-order chi connectivity index (χ0) is 7.11. The van der Waals surface area contributed by atoms with Gasteiger partial charge >= 0.3 is 0 Å². The normalized spacial score (nSPS) is 19.0. The van der Waals surface area contributed by atoms with Gasteiger partial charge in [0.1, 0.15) is 0 Å². The summed E-state index contributed by atoms with van der Waals surface area (Å²) in [6.07, 6.45) is 7.43. The Balaban J connectivity index is 0.000000291. The summed E-state index contributed by atoms with van der Waals surface area (Å²) in [6, 6.07) is 0. The first-order chi connectivity index (χ1) is 4.43. The molecule has 1 aliphatic carbocycles. The molecule has 0 amide bonds. The molecule has 1 saturated carbocycles. The minimum Gasteiger partial charge on any atom is -0.0683 e. The number of rotatable bonds is 1. The first-order valence-corrected chi connectivity index (χ1v) is 4.43. The van der Waals surface area contributed by atoms with E-state index in [1.165, 1.54) is 32.1 Å². The van der Waals surface area contributed by atoms with Crippen molar-refractivity contribution in [1.29, 1.82) is 0 Å². The van der Waals surface area contributed by atoms with E-state index < -0.39 is 0 Å². The quantitative estimate of drug-likeness (QED) is 0.506. The third-order valence-electron chi connectivity index (χ3n) is 2.05. The van der Waals surface area contributed by atoms with E-state index >= 15 is 0 Å². The van der Waals surface area contributed by atoms with Crippen molar-refractivity contribution in [2.45, 2.75) is 52.9 Å². The van der Waals surface area contributed by atoms with Gasteiger partial charge in [0, 0.05) is 0 Å². The highest BCUT2D eigenvalue weighted by atomic mass is 14.2. The lowest BCUT2D eigenvalue weighted by molar-refractivity contribution is 0.531. The Hall–Kier alpha value is 0. The second kappa shape index (κ2) is 6.12. The van der Waals surface area contributed by atoms with E-state index in [9.17, 15) is 0 Å². The summed E-state index contributed by atoms with van der Waals surface area (Å²) < 4.78 is 0. The van der Waals surface area contributed by atoms with Crippen LogP contribution in [-0.2, 0) is 0 Å². The molecule has 0 spiro atoms. The van der Waals surface area contributed by atoms with E-state index in [0.29, 0.717) is 0 Å². The van der Waals surface area contributed by atoms with Gasteiger partial charge in [-0.2, -0.15) is 0 Å². The van der Waals surface area contributed by atoms with E-state index in [-0.39, 0.29) is 0 Å². The minimum atomic E-state index is 1.10. The summed E-state index contributed by atoms with van der Waals surface area (Å²) in [5, 5.41) is 0. The standard InChI is InChI=1S/C7H14.C2H6/c1-2-7-5-3-4-6-7;1-2/h7H,2-6H2,1H3;1-2H3. The fraction of sp³-hybridized carbons (Fsp3) is 1.00. The van der Waals surface area contributed by atoms with Gasteiger partial charge in [0.05, 0.1) is 0 Å². The van der Waals surface area contributed by atoms with Gasteiger partial charge in [0.15, 0.2) is 0 Å². The lowest BCUT2D eigenvalue weighted by Crippen LogP contribution is -1.86. The lowest BCUT2D eigenvalue weighted by atomic mass is 10.1. The van der Waals surface area contributed by atoms with Crippen LogP contribution in [0.15, 0.2) is 0 Å². The Labute approximate surface area is 59.7 Å². The topological polar surface area (TPSA) is 0 Å². The molecule has 0 heterocycles. The van der Waals surface area contributed by atoms with Crippen molar-refractivity contribution in [2.75, 3.05) is 0 Å². The largest absolute Gasteiger partial charge is 0.0683 e. The van der Waals surface area contributed by atoms with Crippen LogP contribution < -0.4 is 0 Å². The van der Waals surface area contributed by atoms with E-state index in [2.05, 4.69) is 6.92 Å². The summed E-state index contributed by atoms with van der Waals surface area (Å²) in [5.41, 5.74) is 0. The maximum atomic E-state index is 2.30. The smallest absolute Gasteiger partial charge is 0.0417 e. The Kier molecular flexibility index (Phi) is 6.12. The molecule has 0 saturated heterocycles. The fourth-order valence-electron chi connectivity index (χ4n) is 1.42. The van der Waals surface area contributed by atoms with Crippen molar-refractivity contribution in [2.24, 2.45) is 5.92 Å². The summed E-state index contributed by atoms with van der Waals surface area (Å²) >= 11 is 0. The third kappa shape index (κ3) is 3.56. The third-order valence-corrected chi connectivity index (χ3v) is 2.05. The molecule has 9 heavy (non-hydrogen) atoms. The molecule has 0 aliphatic heterocycles. The second-order valence-corrected chi connectivity index (χ2v) is 2.56. The predicted molar refractivity (Wildman–Crippen MR) is 43.6 cm³/mol. The molecule has 0 aromatic carbocycles. The molecule has 0 unspecified atom stereocenters. The van der Waals surface area contributed by atoms with Crippen molar-refractivity contribution in [1.82, 2.24) is 0 Å². The zero-order valence-electron chi connectivity index (χ0n) is 7.11. The molecule has 0 aromatic rings. The van der Waals surface area contributed by atoms with E-state index in [1.807, 2.05) is 13.8 Å². The highest BCUT2D eigenvalue weighted by molar-refractivity contribution is 4.64. The van der Waals surface area contributed by atoms with Gasteiger partial charge in [-0.3, -0.25) is 0 Å². The van der Waals surface area contributed by atoms with E-state index in [0.717, 1.165) is 5.92 Å². The van der Waals surface area contributed by atoms with Gasteiger partial charge in [0.2, 0.25) is 0 Å². The van der Waals surface area contributed by atoms with Crippen LogP contribution >= 0.6 is 0 Å². The van der Waals surface area contributed by atoms with Crippen molar-refractivity contribution < 1.29 is 0 Å². The maximum absolute atomic E-state index is 2.30. The first-order valence-electron chi connectivity index (χ1n) is 4.43. The zero-order valence-corrected chi connectivity index (χ0v) is 7.11. The number of hydrogen-bond acceptors (Lipinski definition) is 0. The molecule has 1 aliphatic rings.